The summed E-state index contributed by atoms with van der Waals surface area (Å²) >= 11 is 13.4. The van der Waals surface area contributed by atoms with Crippen LogP contribution in [0.2, 0.25) is 10.0 Å². The second kappa shape index (κ2) is 14.7. The first-order valence-electron chi connectivity index (χ1n) is 17.4. The zero-order valence-corrected chi connectivity index (χ0v) is 31.6. The van der Waals surface area contributed by atoms with Crippen molar-refractivity contribution in [3.63, 3.8) is 0 Å². The van der Waals surface area contributed by atoms with Crippen molar-refractivity contribution in [2.75, 3.05) is 0 Å². The topological polar surface area (TPSA) is 20.3 Å². The summed E-state index contributed by atoms with van der Waals surface area (Å²) in [5.74, 6) is 0. The monoisotopic (exact) mass is 723 g/mol. The molecule has 7 aromatic rings. The smallest absolute Gasteiger partial charge is 0.208 e. The van der Waals surface area contributed by atoms with E-state index in [2.05, 4.69) is 142 Å². The van der Waals surface area contributed by atoms with Gasteiger partial charge in [0.2, 0.25) is 7.29 Å². The third-order valence-corrected chi connectivity index (χ3v) is 13.6. The minimum absolute atomic E-state index is 0.0271. The predicted molar refractivity (Wildman–Crippen MR) is 221 cm³/mol. The molecule has 7 aromatic carbocycles. The maximum absolute atomic E-state index is 16.5. The van der Waals surface area contributed by atoms with Crippen molar-refractivity contribution in [3.8, 4) is 44.5 Å². The molecule has 0 aliphatic heterocycles. The van der Waals surface area contributed by atoms with E-state index in [1.165, 1.54) is 0 Å². The van der Waals surface area contributed by atoms with E-state index in [9.17, 15) is 0 Å². The maximum Gasteiger partial charge on any atom is 0.208 e. The summed E-state index contributed by atoms with van der Waals surface area (Å²) in [6, 6.07) is 53.7. The first-order valence-corrected chi connectivity index (χ1v) is 19.8. The predicted octanol–water partition coefficient (Wildman–Crippen LogP) is 13.2. The van der Waals surface area contributed by atoms with Crippen LogP contribution in [0.1, 0.15) is 27.7 Å². The normalized spacial score (nSPS) is 12.9. The highest BCUT2D eigenvalue weighted by atomic mass is 35.5. The van der Waals surface area contributed by atoms with Gasteiger partial charge in [0.05, 0.1) is 0 Å². The lowest BCUT2D eigenvalue weighted by molar-refractivity contribution is 0.307. The molecule has 0 aliphatic carbocycles. The van der Waals surface area contributed by atoms with Crippen LogP contribution < -0.4 is 10.6 Å². The van der Waals surface area contributed by atoms with Gasteiger partial charge in [0.1, 0.15) is 0 Å². The molecule has 1 atom stereocenters. The summed E-state index contributed by atoms with van der Waals surface area (Å²) in [5.41, 5.74) is 8.44. The van der Waals surface area contributed by atoms with Crippen molar-refractivity contribution < 1.29 is 4.57 Å². The van der Waals surface area contributed by atoms with Gasteiger partial charge >= 0.3 is 0 Å². The van der Waals surface area contributed by atoms with Crippen LogP contribution in [0.4, 0.5) is 0 Å². The number of fused-ring (bicyclic) bond motifs is 1. The molecule has 0 bridgehead atoms. The largest absolute Gasteiger partial charge is 0.296 e. The Morgan fingerprint density at radius 2 is 0.882 bits per heavy atom. The van der Waals surface area contributed by atoms with Gasteiger partial charge in [-0.3, -0.25) is 4.57 Å². The molecule has 7 rings (SSSR count). The fourth-order valence-corrected chi connectivity index (χ4v) is 11.4. The van der Waals surface area contributed by atoms with E-state index in [1.807, 2.05) is 48.5 Å². The Bertz CT molecular complexity index is 2350. The first kappa shape index (κ1) is 35.0. The minimum Gasteiger partial charge on any atom is -0.296 e. The van der Waals surface area contributed by atoms with Crippen LogP contribution in [0.5, 0.6) is 0 Å². The lowest BCUT2D eigenvalue weighted by Gasteiger charge is -2.39. The van der Waals surface area contributed by atoms with E-state index >= 15 is 4.57 Å². The van der Waals surface area contributed by atoms with Gasteiger partial charge in [-0.15, -0.1) is 0 Å². The van der Waals surface area contributed by atoms with Gasteiger partial charge in [-0.25, -0.2) is 4.67 Å². The lowest BCUT2D eigenvalue weighted by Crippen LogP contribution is -2.41. The Morgan fingerprint density at radius 3 is 1.37 bits per heavy atom. The molecule has 0 spiro atoms. The van der Waals surface area contributed by atoms with Crippen LogP contribution in [-0.2, 0) is 4.57 Å². The van der Waals surface area contributed by atoms with Crippen LogP contribution in [0.15, 0.2) is 158 Å². The molecule has 2 nitrogen and oxygen atoms in total. The van der Waals surface area contributed by atoms with Crippen molar-refractivity contribution in [1.29, 1.82) is 0 Å². The summed E-state index contributed by atoms with van der Waals surface area (Å²) in [5, 5.41) is 4.81. The van der Waals surface area contributed by atoms with Crippen LogP contribution in [0.25, 0.3) is 55.3 Å². The van der Waals surface area contributed by atoms with E-state index in [0.29, 0.717) is 10.0 Å². The first-order chi connectivity index (χ1) is 24.7. The quantitative estimate of drug-likeness (QED) is 0.138. The summed E-state index contributed by atoms with van der Waals surface area (Å²) in [6.07, 6.45) is 0. The zero-order valence-electron chi connectivity index (χ0n) is 29.2. The van der Waals surface area contributed by atoms with Crippen LogP contribution in [0.3, 0.4) is 0 Å². The Hall–Kier alpha value is -4.43. The van der Waals surface area contributed by atoms with Crippen LogP contribution >= 0.6 is 30.5 Å². The molecule has 0 saturated heterocycles. The number of halogens is 2. The third-order valence-electron chi connectivity index (χ3n) is 9.52. The number of hydrogen-bond acceptors (Lipinski definition) is 1. The summed E-state index contributed by atoms with van der Waals surface area (Å²) < 4.78 is 18.7. The van der Waals surface area contributed by atoms with Crippen molar-refractivity contribution in [3.05, 3.63) is 168 Å². The number of hydrogen-bond donors (Lipinski definition) is 0. The molecular weight excluding hydrogens is 684 g/mol. The van der Waals surface area contributed by atoms with Gasteiger partial charge in [-0.2, -0.15) is 0 Å². The van der Waals surface area contributed by atoms with E-state index in [1.54, 1.807) is 0 Å². The average molecular weight is 725 g/mol. The molecule has 0 fully saturated rings. The lowest BCUT2D eigenvalue weighted by atomic mass is 9.79. The van der Waals surface area contributed by atoms with E-state index in [-0.39, 0.29) is 12.1 Å². The molecule has 0 aromatic heterocycles. The number of benzene rings is 7. The zero-order chi connectivity index (χ0) is 35.7. The second-order valence-corrected chi connectivity index (χ2v) is 16.9. The average Bonchev–Trinajstić information content (AvgIpc) is 3.14. The SMILES string of the molecule is CC(C)N(C(C)C)P(=O)(c1ccc(Cl)cc1)c1ccc(Cl)cc1-c1c(-c2ccccc2)c(-c2ccccc2)c(-c2ccccc2)c2ccccc12. The van der Waals surface area contributed by atoms with Gasteiger partial charge in [0.15, 0.2) is 0 Å². The van der Waals surface area contributed by atoms with Gasteiger partial charge in [0, 0.05) is 32.7 Å². The van der Waals surface area contributed by atoms with Crippen molar-refractivity contribution in [2.45, 2.75) is 39.8 Å². The van der Waals surface area contributed by atoms with E-state index < -0.39 is 7.29 Å². The fraction of sp³-hybridized carbons (Fsp3) is 0.130. The molecule has 0 aliphatic rings. The molecule has 0 N–H and O–H groups in total. The Balaban J connectivity index is 1.73. The molecule has 51 heavy (non-hydrogen) atoms. The van der Waals surface area contributed by atoms with Crippen LogP contribution in [0, 0.1) is 0 Å². The molecule has 254 valence electrons. The van der Waals surface area contributed by atoms with Gasteiger partial charge in [0.25, 0.3) is 0 Å². The fourth-order valence-electron chi connectivity index (χ4n) is 7.67. The number of nitrogens with zero attached hydrogens (tertiary/aromatic N) is 1. The molecule has 0 amide bonds. The number of rotatable bonds is 9. The van der Waals surface area contributed by atoms with Gasteiger partial charge < -0.3 is 0 Å². The standard InChI is InChI=1S/C46H40Cl2NOP/c1-31(2)49(32(3)4)51(50,38-27-24-36(47)25-28-38)42-29-26-37(48)30-41(42)46-40-23-15-14-22-39(40)43(33-16-8-5-9-17-33)44(34-18-10-6-11-19-34)45(46)35-20-12-7-13-21-35/h5-32H,1-4H3. The van der Waals surface area contributed by atoms with Gasteiger partial charge in [-0.1, -0.05) is 138 Å². The third kappa shape index (κ3) is 6.48. The Morgan fingerprint density at radius 1 is 0.471 bits per heavy atom. The second-order valence-electron chi connectivity index (χ2n) is 13.4. The van der Waals surface area contributed by atoms with Crippen molar-refractivity contribution >= 4 is 51.9 Å². The molecule has 0 radical (unpaired) electrons. The highest BCUT2D eigenvalue weighted by Crippen LogP contribution is 2.56. The molecular formula is C46H40Cl2NOP. The molecule has 0 saturated carbocycles. The van der Waals surface area contributed by atoms with Crippen molar-refractivity contribution in [1.82, 2.24) is 4.67 Å². The van der Waals surface area contributed by atoms with E-state index in [4.69, 9.17) is 23.2 Å². The molecule has 0 heterocycles. The molecule has 1 unspecified atom stereocenters. The Labute approximate surface area is 311 Å². The summed E-state index contributed by atoms with van der Waals surface area (Å²) in [7, 11) is -3.52. The van der Waals surface area contributed by atoms with Crippen molar-refractivity contribution in [2.24, 2.45) is 0 Å². The highest BCUT2D eigenvalue weighted by molar-refractivity contribution is 7.76. The highest BCUT2D eigenvalue weighted by Gasteiger charge is 2.40. The van der Waals surface area contributed by atoms with Crippen LogP contribution in [-0.4, -0.2) is 16.8 Å². The summed E-state index contributed by atoms with van der Waals surface area (Å²) in [4.78, 5) is 0. The maximum atomic E-state index is 16.5. The Kier molecular flexibility index (Phi) is 10.1. The summed E-state index contributed by atoms with van der Waals surface area (Å²) in [6.45, 7) is 8.46. The minimum atomic E-state index is -3.52. The molecule has 5 heteroatoms. The van der Waals surface area contributed by atoms with Gasteiger partial charge in [-0.05, 0) is 125 Å². The van der Waals surface area contributed by atoms with E-state index in [0.717, 1.165) is 65.9 Å².